The van der Waals surface area contributed by atoms with Crippen molar-refractivity contribution in [1.82, 2.24) is 4.98 Å². The first-order valence-corrected chi connectivity index (χ1v) is 6.35. The Labute approximate surface area is 120 Å². The van der Waals surface area contributed by atoms with Gasteiger partial charge in [0, 0.05) is 16.9 Å². The molecule has 2 N–H and O–H groups in total. The van der Waals surface area contributed by atoms with E-state index in [-0.39, 0.29) is 0 Å². The molecule has 5 nitrogen and oxygen atoms in total. The molecular formula is C14H13ClN2O3. The maximum atomic E-state index is 11.9. The average molecular weight is 293 g/mol. The number of esters is 1. The van der Waals surface area contributed by atoms with Crippen molar-refractivity contribution in [2.75, 3.05) is 5.32 Å². The summed E-state index contributed by atoms with van der Waals surface area (Å²) in [5.74, 6) is -1.00. The number of ether oxygens (including phenoxy) is 1. The van der Waals surface area contributed by atoms with E-state index in [2.05, 4.69) is 10.3 Å². The second kappa shape index (κ2) is 6.25. The quantitative estimate of drug-likeness (QED) is 0.851. The van der Waals surface area contributed by atoms with Crippen LogP contribution >= 0.6 is 11.6 Å². The Balaban J connectivity index is 1.94. The van der Waals surface area contributed by atoms with Crippen molar-refractivity contribution >= 4 is 29.2 Å². The predicted molar refractivity (Wildman–Crippen MR) is 75.8 cm³/mol. The van der Waals surface area contributed by atoms with Crippen LogP contribution in [0.1, 0.15) is 17.4 Å². The largest absolute Gasteiger partial charge is 0.448 e. The molecule has 1 aromatic carbocycles. The Morgan fingerprint density at radius 3 is 2.75 bits per heavy atom. The standard InChI is InChI=1S/C14H13ClN2O3/c1-9(20-14(19)12-6-3-7-16-12)13(18)17-11-5-2-4-10(15)8-11/h2-9,16H,1H3,(H,17,18)/t9-/m1/s1. The van der Waals surface area contributed by atoms with Gasteiger partial charge < -0.3 is 15.0 Å². The number of aromatic amines is 1. The van der Waals surface area contributed by atoms with Crippen LogP contribution in [0.5, 0.6) is 0 Å². The minimum absolute atomic E-state index is 0.299. The van der Waals surface area contributed by atoms with Gasteiger partial charge >= 0.3 is 5.97 Å². The van der Waals surface area contributed by atoms with Gasteiger partial charge in [0.15, 0.2) is 6.10 Å². The molecule has 0 fully saturated rings. The summed E-state index contributed by atoms with van der Waals surface area (Å²) >= 11 is 5.82. The second-order valence-electron chi connectivity index (χ2n) is 4.13. The van der Waals surface area contributed by atoms with Crippen molar-refractivity contribution in [3.63, 3.8) is 0 Å². The molecule has 0 saturated heterocycles. The fourth-order valence-electron chi connectivity index (χ4n) is 1.54. The third-order valence-electron chi connectivity index (χ3n) is 2.56. The molecule has 0 unspecified atom stereocenters. The zero-order valence-electron chi connectivity index (χ0n) is 10.7. The van der Waals surface area contributed by atoms with Gasteiger partial charge in [0.25, 0.3) is 5.91 Å². The highest BCUT2D eigenvalue weighted by atomic mass is 35.5. The van der Waals surface area contributed by atoms with E-state index in [9.17, 15) is 9.59 Å². The van der Waals surface area contributed by atoms with Gasteiger partial charge in [0.1, 0.15) is 5.69 Å². The van der Waals surface area contributed by atoms with Gasteiger partial charge in [-0.05, 0) is 37.3 Å². The van der Waals surface area contributed by atoms with E-state index < -0.39 is 18.0 Å². The molecule has 2 aromatic rings. The van der Waals surface area contributed by atoms with Crippen molar-refractivity contribution in [1.29, 1.82) is 0 Å². The molecule has 1 aromatic heterocycles. The first-order chi connectivity index (χ1) is 9.56. The summed E-state index contributed by atoms with van der Waals surface area (Å²) in [6.45, 7) is 1.50. The molecule has 2 rings (SSSR count). The highest BCUT2D eigenvalue weighted by molar-refractivity contribution is 6.30. The number of H-pyrrole nitrogens is 1. The lowest BCUT2D eigenvalue weighted by Crippen LogP contribution is -2.30. The highest BCUT2D eigenvalue weighted by Crippen LogP contribution is 2.15. The molecule has 0 aliphatic carbocycles. The van der Waals surface area contributed by atoms with E-state index in [1.165, 1.54) is 6.92 Å². The fraction of sp³-hybridized carbons (Fsp3) is 0.143. The summed E-state index contributed by atoms with van der Waals surface area (Å²) < 4.78 is 5.04. The first kappa shape index (κ1) is 14.1. The van der Waals surface area contributed by atoms with Crippen LogP contribution in [0.3, 0.4) is 0 Å². The zero-order valence-corrected chi connectivity index (χ0v) is 11.5. The number of nitrogens with one attached hydrogen (secondary N) is 2. The summed E-state index contributed by atoms with van der Waals surface area (Å²) in [5, 5.41) is 3.14. The molecular weight excluding hydrogens is 280 g/mol. The molecule has 104 valence electrons. The number of hydrogen-bond acceptors (Lipinski definition) is 3. The topological polar surface area (TPSA) is 71.2 Å². The molecule has 1 atom stereocenters. The van der Waals surface area contributed by atoms with Crippen molar-refractivity contribution < 1.29 is 14.3 Å². The summed E-state index contributed by atoms with van der Waals surface area (Å²) in [5.41, 5.74) is 0.845. The Hall–Kier alpha value is -2.27. The number of hydrogen-bond donors (Lipinski definition) is 2. The van der Waals surface area contributed by atoms with Crippen LogP contribution < -0.4 is 5.32 Å². The normalized spacial score (nSPS) is 11.7. The monoisotopic (exact) mass is 292 g/mol. The smallest absolute Gasteiger partial charge is 0.355 e. The Bertz CT molecular complexity index is 611. The van der Waals surface area contributed by atoms with Gasteiger partial charge in [-0.25, -0.2) is 4.79 Å². The Morgan fingerprint density at radius 1 is 1.30 bits per heavy atom. The fourth-order valence-corrected chi connectivity index (χ4v) is 1.74. The van der Waals surface area contributed by atoms with Crippen molar-refractivity contribution in [2.45, 2.75) is 13.0 Å². The van der Waals surface area contributed by atoms with Crippen molar-refractivity contribution in [3.05, 3.63) is 53.3 Å². The molecule has 6 heteroatoms. The van der Waals surface area contributed by atoms with Gasteiger partial charge in [0.2, 0.25) is 0 Å². The van der Waals surface area contributed by atoms with Crippen LogP contribution in [-0.2, 0) is 9.53 Å². The minimum atomic E-state index is -0.912. The number of rotatable bonds is 4. The molecule has 1 heterocycles. The van der Waals surface area contributed by atoms with Gasteiger partial charge in [-0.3, -0.25) is 4.79 Å². The molecule has 0 saturated carbocycles. The van der Waals surface area contributed by atoms with Gasteiger partial charge in [-0.1, -0.05) is 17.7 Å². The lowest BCUT2D eigenvalue weighted by atomic mass is 10.3. The van der Waals surface area contributed by atoms with E-state index >= 15 is 0 Å². The molecule has 1 amide bonds. The average Bonchev–Trinajstić information content (AvgIpc) is 2.92. The summed E-state index contributed by atoms with van der Waals surface area (Å²) in [6.07, 6.45) is 0.692. The third-order valence-corrected chi connectivity index (χ3v) is 2.80. The number of carbonyl (C=O) groups excluding carboxylic acids is 2. The lowest BCUT2D eigenvalue weighted by Gasteiger charge is -2.13. The van der Waals surface area contributed by atoms with E-state index in [1.807, 2.05) is 0 Å². The van der Waals surface area contributed by atoms with E-state index in [4.69, 9.17) is 16.3 Å². The molecule has 0 bridgehead atoms. The number of aromatic nitrogens is 1. The van der Waals surface area contributed by atoms with Crippen LogP contribution in [0.4, 0.5) is 5.69 Å². The third kappa shape index (κ3) is 3.61. The van der Waals surface area contributed by atoms with Crippen LogP contribution in [0.25, 0.3) is 0 Å². The van der Waals surface area contributed by atoms with Crippen LogP contribution in [0.15, 0.2) is 42.6 Å². The van der Waals surface area contributed by atoms with Gasteiger partial charge in [-0.2, -0.15) is 0 Å². The minimum Gasteiger partial charge on any atom is -0.448 e. The van der Waals surface area contributed by atoms with Crippen molar-refractivity contribution in [3.8, 4) is 0 Å². The maximum absolute atomic E-state index is 11.9. The zero-order chi connectivity index (χ0) is 14.5. The summed E-state index contributed by atoms with van der Waals surface area (Å²) in [7, 11) is 0. The maximum Gasteiger partial charge on any atom is 0.355 e. The number of carbonyl (C=O) groups is 2. The van der Waals surface area contributed by atoms with Crippen LogP contribution in [0, 0.1) is 0 Å². The molecule has 0 aliphatic heterocycles. The van der Waals surface area contributed by atoms with E-state index in [1.54, 1.807) is 42.6 Å². The first-order valence-electron chi connectivity index (χ1n) is 5.97. The molecule has 0 radical (unpaired) electrons. The second-order valence-corrected chi connectivity index (χ2v) is 4.57. The number of anilines is 1. The summed E-state index contributed by atoms with van der Waals surface area (Å²) in [4.78, 5) is 26.3. The SMILES string of the molecule is C[C@@H](OC(=O)c1ccc[nH]1)C(=O)Nc1cccc(Cl)c1. The van der Waals surface area contributed by atoms with E-state index in [0.29, 0.717) is 16.4 Å². The van der Waals surface area contributed by atoms with Crippen molar-refractivity contribution in [2.24, 2.45) is 0 Å². The van der Waals surface area contributed by atoms with E-state index in [0.717, 1.165) is 0 Å². The molecule has 0 spiro atoms. The Morgan fingerprint density at radius 2 is 2.10 bits per heavy atom. The molecule has 0 aliphatic rings. The number of amides is 1. The molecule has 20 heavy (non-hydrogen) atoms. The summed E-state index contributed by atoms with van der Waals surface area (Å²) in [6, 6.07) is 9.97. The Kier molecular flexibility index (Phi) is 4.42. The number of halogens is 1. The highest BCUT2D eigenvalue weighted by Gasteiger charge is 2.19. The van der Waals surface area contributed by atoms with Crippen LogP contribution in [-0.4, -0.2) is 23.0 Å². The lowest BCUT2D eigenvalue weighted by molar-refractivity contribution is -0.123. The predicted octanol–water partition coefficient (Wildman–Crippen LogP) is 2.85. The van der Waals surface area contributed by atoms with Gasteiger partial charge in [0.05, 0.1) is 0 Å². The number of benzene rings is 1. The van der Waals surface area contributed by atoms with Crippen LogP contribution in [0.2, 0.25) is 5.02 Å². The van der Waals surface area contributed by atoms with Gasteiger partial charge in [-0.15, -0.1) is 0 Å².